The SMILES string of the molecule is Cl.O=C(CC1COCCN1)NCc1csc(Br)c1. The molecule has 2 heterocycles. The highest BCUT2D eigenvalue weighted by Gasteiger charge is 2.16. The van der Waals surface area contributed by atoms with Crippen LogP contribution in [-0.2, 0) is 16.1 Å². The molecule has 1 aromatic heterocycles. The van der Waals surface area contributed by atoms with Gasteiger partial charge < -0.3 is 15.4 Å². The Kier molecular flexibility index (Phi) is 7.18. The molecule has 0 saturated carbocycles. The van der Waals surface area contributed by atoms with E-state index in [1.165, 1.54) is 0 Å². The largest absolute Gasteiger partial charge is 0.378 e. The first-order chi connectivity index (χ1) is 8.24. The fraction of sp³-hybridized carbons (Fsp3) is 0.545. The molecule has 1 aromatic rings. The lowest BCUT2D eigenvalue weighted by Crippen LogP contribution is -2.44. The summed E-state index contributed by atoms with van der Waals surface area (Å²) in [5, 5.41) is 8.21. The molecule has 0 spiro atoms. The average molecular weight is 356 g/mol. The van der Waals surface area contributed by atoms with Crippen molar-refractivity contribution in [2.45, 2.75) is 19.0 Å². The van der Waals surface area contributed by atoms with E-state index in [1.54, 1.807) is 11.3 Å². The standard InChI is InChI=1S/C11H15BrN2O2S.ClH/c12-10-3-8(7-17-10)5-14-11(15)4-9-6-16-2-1-13-9;/h3,7,9,13H,1-2,4-6H2,(H,14,15);1H. The number of amides is 1. The Morgan fingerprint density at radius 2 is 2.50 bits per heavy atom. The van der Waals surface area contributed by atoms with Crippen molar-refractivity contribution in [3.63, 3.8) is 0 Å². The molecule has 4 nitrogen and oxygen atoms in total. The Morgan fingerprint density at radius 3 is 3.11 bits per heavy atom. The molecule has 0 radical (unpaired) electrons. The maximum Gasteiger partial charge on any atom is 0.221 e. The van der Waals surface area contributed by atoms with Crippen molar-refractivity contribution in [3.05, 3.63) is 20.8 Å². The number of thiophene rings is 1. The van der Waals surface area contributed by atoms with Gasteiger partial charge in [-0.2, -0.15) is 0 Å². The number of hydrogen-bond acceptors (Lipinski definition) is 4. The van der Waals surface area contributed by atoms with Gasteiger partial charge in [-0.3, -0.25) is 4.79 Å². The van der Waals surface area contributed by atoms with E-state index >= 15 is 0 Å². The molecule has 0 bridgehead atoms. The van der Waals surface area contributed by atoms with Gasteiger partial charge >= 0.3 is 0 Å². The van der Waals surface area contributed by atoms with Crippen molar-refractivity contribution in [2.75, 3.05) is 19.8 Å². The monoisotopic (exact) mass is 354 g/mol. The molecule has 1 amide bonds. The highest BCUT2D eigenvalue weighted by molar-refractivity contribution is 9.11. The number of carbonyl (C=O) groups is 1. The Bertz CT molecular complexity index is 383. The lowest BCUT2D eigenvalue weighted by Gasteiger charge is -2.23. The molecular weight excluding hydrogens is 340 g/mol. The quantitative estimate of drug-likeness (QED) is 0.868. The van der Waals surface area contributed by atoms with E-state index in [1.807, 2.05) is 11.4 Å². The average Bonchev–Trinajstić information content (AvgIpc) is 2.74. The minimum atomic E-state index is 0. The number of carbonyl (C=O) groups excluding carboxylic acids is 1. The van der Waals surface area contributed by atoms with Gasteiger partial charge in [0.15, 0.2) is 0 Å². The van der Waals surface area contributed by atoms with Crippen molar-refractivity contribution >= 4 is 45.6 Å². The molecule has 1 saturated heterocycles. The zero-order chi connectivity index (χ0) is 12.1. The molecule has 1 fully saturated rings. The summed E-state index contributed by atoms with van der Waals surface area (Å²) >= 11 is 5.02. The number of rotatable bonds is 4. The maximum absolute atomic E-state index is 11.7. The molecule has 7 heteroatoms. The van der Waals surface area contributed by atoms with Crippen LogP contribution in [0.1, 0.15) is 12.0 Å². The maximum atomic E-state index is 11.7. The Hall–Kier alpha value is -0.140. The molecule has 102 valence electrons. The van der Waals surface area contributed by atoms with Crippen LogP contribution in [0.5, 0.6) is 0 Å². The van der Waals surface area contributed by atoms with Crippen molar-refractivity contribution < 1.29 is 9.53 Å². The van der Waals surface area contributed by atoms with Crippen LogP contribution in [0.4, 0.5) is 0 Å². The van der Waals surface area contributed by atoms with Crippen LogP contribution in [0.25, 0.3) is 0 Å². The van der Waals surface area contributed by atoms with Crippen LogP contribution in [0, 0.1) is 0 Å². The highest BCUT2D eigenvalue weighted by atomic mass is 79.9. The van der Waals surface area contributed by atoms with Crippen LogP contribution in [0.3, 0.4) is 0 Å². The Balaban J connectivity index is 0.00000162. The number of ether oxygens (including phenoxy) is 1. The van der Waals surface area contributed by atoms with Gasteiger partial charge in [0.2, 0.25) is 5.91 Å². The van der Waals surface area contributed by atoms with Gasteiger partial charge in [-0.25, -0.2) is 0 Å². The number of hydrogen-bond donors (Lipinski definition) is 2. The van der Waals surface area contributed by atoms with Crippen LogP contribution in [0.2, 0.25) is 0 Å². The summed E-state index contributed by atoms with van der Waals surface area (Å²) in [7, 11) is 0. The van der Waals surface area contributed by atoms with E-state index in [0.717, 1.165) is 22.5 Å². The number of morpholine rings is 1. The lowest BCUT2D eigenvalue weighted by molar-refractivity contribution is -0.122. The first kappa shape index (κ1) is 15.9. The topological polar surface area (TPSA) is 50.4 Å². The fourth-order valence-electron chi connectivity index (χ4n) is 1.69. The van der Waals surface area contributed by atoms with E-state index in [9.17, 15) is 4.79 Å². The van der Waals surface area contributed by atoms with Crippen molar-refractivity contribution in [3.8, 4) is 0 Å². The van der Waals surface area contributed by atoms with Crippen molar-refractivity contribution in [1.82, 2.24) is 10.6 Å². The third kappa shape index (κ3) is 5.24. The predicted molar refractivity (Wildman–Crippen MR) is 78.3 cm³/mol. The van der Waals surface area contributed by atoms with Gasteiger partial charge in [-0.1, -0.05) is 0 Å². The Labute approximate surface area is 125 Å². The summed E-state index contributed by atoms with van der Waals surface area (Å²) in [6.45, 7) is 2.78. The van der Waals surface area contributed by atoms with E-state index in [4.69, 9.17) is 4.74 Å². The van der Waals surface area contributed by atoms with Gasteiger partial charge in [0.25, 0.3) is 0 Å². The normalized spacial score (nSPS) is 19.1. The predicted octanol–water partition coefficient (Wildman–Crippen LogP) is 1.93. The molecular formula is C11H16BrClN2O2S. The molecule has 18 heavy (non-hydrogen) atoms. The molecule has 2 rings (SSSR count). The number of nitrogens with one attached hydrogen (secondary N) is 2. The zero-order valence-electron chi connectivity index (χ0n) is 9.78. The lowest BCUT2D eigenvalue weighted by atomic mass is 10.2. The van der Waals surface area contributed by atoms with Crippen LogP contribution in [0.15, 0.2) is 15.2 Å². The van der Waals surface area contributed by atoms with Crippen molar-refractivity contribution in [1.29, 1.82) is 0 Å². The van der Waals surface area contributed by atoms with Gasteiger partial charge in [-0.15, -0.1) is 23.7 Å². The van der Waals surface area contributed by atoms with Crippen LogP contribution in [-0.4, -0.2) is 31.7 Å². The second-order valence-corrected chi connectivity index (χ2v) is 6.26. The summed E-state index contributed by atoms with van der Waals surface area (Å²) in [6.07, 6.45) is 0.477. The summed E-state index contributed by atoms with van der Waals surface area (Å²) in [4.78, 5) is 11.7. The van der Waals surface area contributed by atoms with Gasteiger partial charge in [-0.05, 0) is 32.9 Å². The summed E-state index contributed by atoms with van der Waals surface area (Å²) < 4.78 is 6.39. The van der Waals surface area contributed by atoms with Gasteiger partial charge in [0, 0.05) is 25.6 Å². The minimum absolute atomic E-state index is 0. The molecule has 0 aliphatic carbocycles. The summed E-state index contributed by atoms with van der Waals surface area (Å²) in [5.41, 5.74) is 1.13. The van der Waals surface area contributed by atoms with Crippen molar-refractivity contribution in [2.24, 2.45) is 0 Å². The second kappa shape index (κ2) is 8.12. The first-order valence-electron chi connectivity index (χ1n) is 5.55. The molecule has 0 aromatic carbocycles. The van der Waals surface area contributed by atoms with Crippen LogP contribution >= 0.6 is 39.7 Å². The summed E-state index contributed by atoms with van der Waals surface area (Å²) in [6, 6.07) is 2.17. The molecule has 1 unspecified atom stereocenters. The third-order valence-electron chi connectivity index (χ3n) is 2.54. The highest BCUT2D eigenvalue weighted by Crippen LogP contribution is 2.20. The second-order valence-electron chi connectivity index (χ2n) is 3.97. The van der Waals surface area contributed by atoms with E-state index in [-0.39, 0.29) is 24.4 Å². The molecule has 1 atom stereocenters. The Morgan fingerprint density at radius 1 is 1.67 bits per heavy atom. The van der Waals surface area contributed by atoms with Crippen LogP contribution < -0.4 is 10.6 Å². The molecule has 1 aliphatic rings. The molecule has 2 N–H and O–H groups in total. The summed E-state index contributed by atoms with van der Waals surface area (Å²) in [5.74, 6) is 0.0651. The van der Waals surface area contributed by atoms with E-state index < -0.39 is 0 Å². The fourth-order valence-corrected chi connectivity index (χ4v) is 2.90. The molecule has 1 aliphatic heterocycles. The van der Waals surface area contributed by atoms with Gasteiger partial charge in [0.1, 0.15) is 0 Å². The minimum Gasteiger partial charge on any atom is -0.378 e. The number of halogens is 2. The first-order valence-corrected chi connectivity index (χ1v) is 7.22. The van der Waals surface area contributed by atoms with E-state index in [0.29, 0.717) is 19.6 Å². The zero-order valence-corrected chi connectivity index (χ0v) is 13.0. The van der Waals surface area contributed by atoms with E-state index in [2.05, 4.69) is 26.6 Å². The third-order valence-corrected chi connectivity index (χ3v) is 4.09. The smallest absolute Gasteiger partial charge is 0.221 e. The van der Waals surface area contributed by atoms with Gasteiger partial charge in [0.05, 0.1) is 17.0 Å².